The summed E-state index contributed by atoms with van der Waals surface area (Å²) >= 11 is 0. The minimum Gasteiger partial charge on any atom is -0.310 e. The molecule has 1 heterocycles. The van der Waals surface area contributed by atoms with Crippen molar-refractivity contribution in [1.29, 1.82) is 0 Å². The quantitative estimate of drug-likeness (QED) is 0.610. The van der Waals surface area contributed by atoms with Crippen LogP contribution in [0.4, 0.5) is 0 Å². The minimum atomic E-state index is -3.29. The average Bonchev–Trinajstić information content (AvgIpc) is 2.15. The number of likely N-dealkylation sites (N-methyl/N-ethyl adjacent to an activating group) is 1. The van der Waals surface area contributed by atoms with Crippen molar-refractivity contribution in [1.82, 2.24) is 19.2 Å². The van der Waals surface area contributed by atoms with Crippen LogP contribution in [0, 0.1) is 0 Å². The Morgan fingerprint density at radius 2 is 2.20 bits per heavy atom. The van der Waals surface area contributed by atoms with Crippen molar-refractivity contribution in [3.63, 3.8) is 0 Å². The molecule has 1 aliphatic heterocycles. The van der Waals surface area contributed by atoms with Crippen molar-refractivity contribution in [2.45, 2.75) is 6.04 Å². The molecule has 0 amide bonds. The summed E-state index contributed by atoms with van der Waals surface area (Å²) in [6.07, 6.45) is 0. The van der Waals surface area contributed by atoms with E-state index >= 15 is 0 Å². The first-order valence-corrected chi connectivity index (χ1v) is 6.45. The van der Waals surface area contributed by atoms with Gasteiger partial charge >= 0.3 is 0 Å². The SMILES string of the molecule is CN1CCNC(CNS(=O)(=O)N(C)C)C1. The van der Waals surface area contributed by atoms with Crippen LogP contribution in [0.3, 0.4) is 0 Å². The van der Waals surface area contributed by atoms with Crippen LogP contribution in [0.1, 0.15) is 0 Å². The minimum absolute atomic E-state index is 0.193. The zero-order chi connectivity index (χ0) is 11.5. The van der Waals surface area contributed by atoms with E-state index in [1.54, 1.807) is 0 Å². The average molecular weight is 236 g/mol. The molecule has 1 rings (SSSR count). The number of rotatable bonds is 4. The number of nitrogens with zero attached hydrogens (tertiary/aromatic N) is 2. The Morgan fingerprint density at radius 1 is 1.53 bits per heavy atom. The van der Waals surface area contributed by atoms with Gasteiger partial charge in [-0.05, 0) is 7.05 Å². The first kappa shape index (κ1) is 12.9. The summed E-state index contributed by atoms with van der Waals surface area (Å²) in [6, 6.07) is 0.193. The highest BCUT2D eigenvalue weighted by Gasteiger charge is 2.19. The van der Waals surface area contributed by atoms with Crippen LogP contribution in [-0.4, -0.2) is 71.0 Å². The van der Waals surface area contributed by atoms with Gasteiger partial charge in [-0.2, -0.15) is 12.7 Å². The molecule has 2 N–H and O–H groups in total. The Hall–Kier alpha value is -0.210. The molecule has 0 aromatic rings. The van der Waals surface area contributed by atoms with Gasteiger partial charge in [0.2, 0.25) is 0 Å². The van der Waals surface area contributed by atoms with Crippen LogP contribution in [0.25, 0.3) is 0 Å². The molecule has 0 spiro atoms. The van der Waals surface area contributed by atoms with Gasteiger partial charge in [0.25, 0.3) is 10.2 Å². The molecule has 15 heavy (non-hydrogen) atoms. The van der Waals surface area contributed by atoms with Gasteiger partial charge in [-0.1, -0.05) is 0 Å². The van der Waals surface area contributed by atoms with E-state index in [-0.39, 0.29) is 6.04 Å². The molecule has 1 fully saturated rings. The maximum atomic E-state index is 11.4. The van der Waals surface area contributed by atoms with E-state index in [0.29, 0.717) is 6.54 Å². The molecule has 0 aromatic heterocycles. The Kier molecular flexibility index (Phi) is 4.47. The normalized spacial score (nSPS) is 24.7. The Bertz CT molecular complexity index is 291. The van der Waals surface area contributed by atoms with Crippen molar-refractivity contribution in [3.05, 3.63) is 0 Å². The number of piperazine rings is 1. The molecule has 1 atom stereocenters. The molecule has 1 aliphatic rings. The van der Waals surface area contributed by atoms with E-state index in [1.807, 2.05) is 7.05 Å². The van der Waals surface area contributed by atoms with E-state index in [2.05, 4.69) is 14.9 Å². The zero-order valence-electron chi connectivity index (χ0n) is 9.52. The van der Waals surface area contributed by atoms with Crippen molar-refractivity contribution < 1.29 is 8.42 Å². The smallest absolute Gasteiger partial charge is 0.278 e. The van der Waals surface area contributed by atoms with Crippen LogP contribution in [0.15, 0.2) is 0 Å². The molecule has 1 unspecified atom stereocenters. The van der Waals surface area contributed by atoms with Crippen molar-refractivity contribution in [2.24, 2.45) is 0 Å². The highest BCUT2D eigenvalue weighted by atomic mass is 32.2. The van der Waals surface area contributed by atoms with Gasteiger partial charge in [0.15, 0.2) is 0 Å². The molecule has 0 bridgehead atoms. The van der Waals surface area contributed by atoms with Crippen molar-refractivity contribution in [3.8, 4) is 0 Å². The zero-order valence-corrected chi connectivity index (χ0v) is 10.3. The predicted octanol–water partition coefficient (Wildman–Crippen LogP) is -1.71. The van der Waals surface area contributed by atoms with E-state index in [4.69, 9.17) is 0 Å². The van der Waals surface area contributed by atoms with Crippen LogP contribution >= 0.6 is 0 Å². The topological polar surface area (TPSA) is 64.7 Å². The molecule has 0 aliphatic carbocycles. The monoisotopic (exact) mass is 236 g/mol. The first-order chi connectivity index (χ1) is 6.92. The maximum absolute atomic E-state index is 11.4. The summed E-state index contributed by atoms with van der Waals surface area (Å²) < 4.78 is 26.6. The summed E-state index contributed by atoms with van der Waals surface area (Å²) in [5.74, 6) is 0. The third-order valence-corrected chi connectivity index (χ3v) is 3.94. The van der Waals surface area contributed by atoms with Crippen molar-refractivity contribution in [2.75, 3.05) is 47.3 Å². The molecule has 0 saturated carbocycles. The predicted molar refractivity (Wildman–Crippen MR) is 59.9 cm³/mol. The summed E-state index contributed by atoms with van der Waals surface area (Å²) in [5.41, 5.74) is 0. The summed E-state index contributed by atoms with van der Waals surface area (Å²) in [4.78, 5) is 2.19. The van der Waals surface area contributed by atoms with E-state index in [0.717, 1.165) is 19.6 Å². The van der Waals surface area contributed by atoms with Gasteiger partial charge in [-0.15, -0.1) is 0 Å². The molecule has 6 nitrogen and oxygen atoms in total. The maximum Gasteiger partial charge on any atom is 0.278 e. The van der Waals surface area contributed by atoms with Gasteiger partial charge < -0.3 is 10.2 Å². The number of hydrogen-bond donors (Lipinski definition) is 2. The number of hydrogen-bond acceptors (Lipinski definition) is 4. The fraction of sp³-hybridized carbons (Fsp3) is 1.00. The first-order valence-electron chi connectivity index (χ1n) is 5.01. The molecule has 90 valence electrons. The summed E-state index contributed by atoms with van der Waals surface area (Å²) in [6.45, 7) is 3.22. The van der Waals surface area contributed by atoms with Crippen LogP contribution < -0.4 is 10.0 Å². The van der Waals surface area contributed by atoms with Gasteiger partial charge in [-0.3, -0.25) is 0 Å². The Morgan fingerprint density at radius 3 is 2.73 bits per heavy atom. The van der Waals surface area contributed by atoms with Gasteiger partial charge in [0.05, 0.1) is 0 Å². The highest BCUT2D eigenvalue weighted by Crippen LogP contribution is 1.96. The lowest BCUT2D eigenvalue weighted by atomic mass is 10.2. The summed E-state index contributed by atoms with van der Waals surface area (Å²) in [7, 11) is 1.78. The van der Waals surface area contributed by atoms with E-state index in [9.17, 15) is 8.42 Å². The lowest BCUT2D eigenvalue weighted by Crippen LogP contribution is -2.54. The van der Waals surface area contributed by atoms with Gasteiger partial charge in [0, 0.05) is 46.3 Å². The number of nitrogens with one attached hydrogen (secondary N) is 2. The van der Waals surface area contributed by atoms with Crippen LogP contribution in [0.2, 0.25) is 0 Å². The van der Waals surface area contributed by atoms with Crippen LogP contribution in [0.5, 0.6) is 0 Å². The molecule has 0 radical (unpaired) electrons. The second-order valence-electron chi connectivity index (χ2n) is 4.05. The lowest BCUT2D eigenvalue weighted by molar-refractivity contribution is 0.239. The lowest BCUT2D eigenvalue weighted by Gasteiger charge is -2.31. The highest BCUT2D eigenvalue weighted by molar-refractivity contribution is 7.87. The molecular formula is C8H20N4O2S. The van der Waals surface area contributed by atoms with E-state index < -0.39 is 10.2 Å². The van der Waals surface area contributed by atoms with Gasteiger partial charge in [-0.25, -0.2) is 4.72 Å². The van der Waals surface area contributed by atoms with Gasteiger partial charge in [0.1, 0.15) is 0 Å². The second kappa shape index (κ2) is 5.22. The Balaban J connectivity index is 2.37. The van der Waals surface area contributed by atoms with E-state index in [1.165, 1.54) is 18.4 Å². The third kappa shape index (κ3) is 4.04. The molecule has 1 saturated heterocycles. The van der Waals surface area contributed by atoms with Crippen LogP contribution in [-0.2, 0) is 10.2 Å². The molecular weight excluding hydrogens is 216 g/mol. The second-order valence-corrected chi connectivity index (χ2v) is 6.02. The third-order valence-electron chi connectivity index (χ3n) is 2.45. The summed E-state index contributed by atoms with van der Waals surface area (Å²) in [5, 5.41) is 3.27. The fourth-order valence-corrected chi connectivity index (χ4v) is 2.13. The Labute approximate surface area is 91.8 Å². The van der Waals surface area contributed by atoms with Crippen molar-refractivity contribution >= 4 is 10.2 Å². The molecule has 7 heteroatoms. The largest absolute Gasteiger partial charge is 0.310 e. The standard InChI is InChI=1S/C8H20N4O2S/c1-11(2)15(13,14)10-6-8-7-12(3)5-4-9-8/h8-10H,4-7H2,1-3H3. The molecule has 0 aromatic carbocycles. The fourth-order valence-electron chi connectivity index (χ4n) is 1.46.